The maximum atomic E-state index is 13.1. The molecule has 152 valence electrons. The molecule has 2 bridgehead atoms. The molecule has 4 heterocycles. The Kier molecular flexibility index (Phi) is 5.01. The molecule has 0 unspecified atom stereocenters. The molecule has 4 atom stereocenters. The van der Waals surface area contributed by atoms with Crippen LogP contribution < -0.4 is 5.56 Å². The zero-order valence-electron chi connectivity index (χ0n) is 16.3. The molecule has 3 aliphatic heterocycles. The third-order valence-corrected chi connectivity index (χ3v) is 5.98. The fourth-order valence-electron chi connectivity index (χ4n) is 5.04. The summed E-state index contributed by atoms with van der Waals surface area (Å²) in [5, 5.41) is 9.08. The summed E-state index contributed by atoms with van der Waals surface area (Å²) in [6.07, 6.45) is 0.863. The minimum Gasteiger partial charge on any atom is -0.480 e. The summed E-state index contributed by atoms with van der Waals surface area (Å²) in [5.41, 5.74) is 0.903. The average molecular weight is 389 g/mol. The van der Waals surface area contributed by atoms with E-state index in [9.17, 15) is 14.4 Å². The summed E-state index contributed by atoms with van der Waals surface area (Å²) in [4.78, 5) is 40.8. The van der Waals surface area contributed by atoms with Crippen LogP contribution >= 0.6 is 0 Å². The number of ether oxygens (including phenoxy) is 1. The first-order valence-electron chi connectivity index (χ1n) is 9.94. The topological polar surface area (TPSA) is 92.1 Å². The van der Waals surface area contributed by atoms with Gasteiger partial charge in [-0.1, -0.05) is 0 Å². The van der Waals surface area contributed by atoms with Crippen molar-refractivity contribution in [3.8, 4) is 0 Å². The fraction of sp³-hybridized carbons (Fsp3) is 0.650. The second kappa shape index (κ2) is 7.33. The van der Waals surface area contributed by atoms with Crippen molar-refractivity contribution in [3.05, 3.63) is 33.7 Å². The standard InChI is InChI=1S/C20H27N3O5/c1-12-6-22(7-13(2)28-12)19(26)16-3-4-17-15-5-14(9-23(17)20(16)27)8-21(10-15)11-18(24)25/h3-4,12-15H,5-11H2,1-2H3,(H,24,25)/t12-,13+,14-,15+/m0/s1. The highest BCUT2D eigenvalue weighted by atomic mass is 16.5. The van der Waals surface area contributed by atoms with E-state index in [-0.39, 0.29) is 47.6 Å². The number of amides is 1. The van der Waals surface area contributed by atoms with Crippen molar-refractivity contribution in [2.24, 2.45) is 5.92 Å². The molecule has 0 radical (unpaired) electrons. The predicted molar refractivity (Wildman–Crippen MR) is 102 cm³/mol. The molecule has 8 heteroatoms. The number of fused-ring (bicyclic) bond motifs is 4. The Hall–Kier alpha value is -2.19. The van der Waals surface area contributed by atoms with Crippen LogP contribution in [0.15, 0.2) is 16.9 Å². The van der Waals surface area contributed by atoms with E-state index in [2.05, 4.69) is 0 Å². The molecule has 1 N–H and O–H groups in total. The number of carboxylic acids is 1. The largest absolute Gasteiger partial charge is 0.480 e. The van der Waals surface area contributed by atoms with Gasteiger partial charge in [-0.05, 0) is 38.3 Å². The van der Waals surface area contributed by atoms with Crippen LogP contribution in [0.2, 0.25) is 0 Å². The van der Waals surface area contributed by atoms with E-state index in [1.807, 2.05) is 24.8 Å². The first kappa shape index (κ1) is 19.1. The number of nitrogens with zero attached hydrogens (tertiary/aromatic N) is 3. The molecule has 0 aromatic carbocycles. The molecule has 3 aliphatic rings. The molecule has 8 nitrogen and oxygen atoms in total. The number of morpholine rings is 1. The molecule has 0 spiro atoms. The van der Waals surface area contributed by atoms with E-state index in [4.69, 9.17) is 9.84 Å². The molecule has 0 aliphatic carbocycles. The Morgan fingerprint density at radius 1 is 1.11 bits per heavy atom. The van der Waals surface area contributed by atoms with E-state index in [1.165, 1.54) is 0 Å². The summed E-state index contributed by atoms with van der Waals surface area (Å²) in [5.74, 6) is -0.693. The monoisotopic (exact) mass is 389 g/mol. The zero-order chi connectivity index (χ0) is 20.0. The number of hydrogen-bond acceptors (Lipinski definition) is 5. The average Bonchev–Trinajstić information content (AvgIpc) is 2.60. The van der Waals surface area contributed by atoms with Gasteiger partial charge in [0.1, 0.15) is 5.56 Å². The van der Waals surface area contributed by atoms with Crippen molar-refractivity contribution < 1.29 is 19.4 Å². The first-order valence-corrected chi connectivity index (χ1v) is 9.94. The normalized spacial score (nSPS) is 30.0. The number of likely N-dealkylation sites (tertiary alicyclic amines) is 1. The Bertz CT molecular complexity index is 841. The number of rotatable bonds is 3. The van der Waals surface area contributed by atoms with E-state index < -0.39 is 5.97 Å². The molecule has 1 amide bonds. The Balaban J connectivity index is 1.60. The third-order valence-electron chi connectivity index (χ3n) is 5.98. The molecule has 28 heavy (non-hydrogen) atoms. The Labute approximate surface area is 163 Å². The van der Waals surface area contributed by atoms with Crippen molar-refractivity contribution in [1.29, 1.82) is 0 Å². The highest BCUT2D eigenvalue weighted by Gasteiger charge is 2.36. The second-order valence-corrected chi connectivity index (χ2v) is 8.44. The van der Waals surface area contributed by atoms with Crippen LogP contribution in [0.25, 0.3) is 0 Å². The van der Waals surface area contributed by atoms with Gasteiger partial charge < -0.3 is 19.3 Å². The highest BCUT2D eigenvalue weighted by Crippen LogP contribution is 2.35. The van der Waals surface area contributed by atoms with Gasteiger partial charge in [-0.15, -0.1) is 0 Å². The van der Waals surface area contributed by atoms with Gasteiger partial charge in [0.15, 0.2) is 0 Å². The Morgan fingerprint density at radius 2 is 1.82 bits per heavy atom. The third kappa shape index (κ3) is 3.58. The van der Waals surface area contributed by atoms with Gasteiger partial charge in [0, 0.05) is 44.3 Å². The number of aliphatic carboxylic acids is 1. The number of piperidine rings is 1. The summed E-state index contributed by atoms with van der Waals surface area (Å²) in [6.45, 7) is 6.71. The minimum absolute atomic E-state index is 0.0290. The van der Waals surface area contributed by atoms with E-state index in [0.717, 1.165) is 12.1 Å². The van der Waals surface area contributed by atoms with Crippen molar-refractivity contribution in [2.45, 2.75) is 44.9 Å². The number of pyridine rings is 1. The van der Waals surface area contributed by atoms with Crippen LogP contribution in [-0.2, 0) is 16.1 Å². The molecule has 1 aromatic rings. The molecule has 1 aromatic heterocycles. The lowest BCUT2D eigenvalue weighted by molar-refractivity contribution is -0.139. The lowest BCUT2D eigenvalue weighted by atomic mass is 9.83. The van der Waals surface area contributed by atoms with Gasteiger partial charge in [-0.25, -0.2) is 0 Å². The minimum atomic E-state index is -0.827. The van der Waals surface area contributed by atoms with Gasteiger partial charge in [-0.3, -0.25) is 19.3 Å². The van der Waals surface area contributed by atoms with Crippen LogP contribution in [0.5, 0.6) is 0 Å². The summed E-state index contributed by atoms with van der Waals surface area (Å²) >= 11 is 0. The van der Waals surface area contributed by atoms with Gasteiger partial charge in [0.2, 0.25) is 0 Å². The summed E-state index contributed by atoms with van der Waals surface area (Å²) in [6, 6.07) is 3.53. The maximum Gasteiger partial charge on any atom is 0.317 e. The smallest absolute Gasteiger partial charge is 0.317 e. The van der Waals surface area contributed by atoms with Crippen LogP contribution in [-0.4, -0.2) is 76.3 Å². The first-order chi connectivity index (χ1) is 13.3. The number of carbonyl (C=O) groups excluding carboxylic acids is 1. The van der Waals surface area contributed by atoms with Crippen molar-refractivity contribution in [3.63, 3.8) is 0 Å². The predicted octanol–water partition coefficient (Wildman–Crippen LogP) is 0.601. The highest BCUT2D eigenvalue weighted by molar-refractivity contribution is 5.94. The van der Waals surface area contributed by atoms with Crippen molar-refractivity contribution in [1.82, 2.24) is 14.4 Å². The molecule has 2 saturated heterocycles. The molecular formula is C20H27N3O5. The van der Waals surface area contributed by atoms with E-state index in [1.54, 1.807) is 15.5 Å². The molecular weight excluding hydrogens is 362 g/mol. The van der Waals surface area contributed by atoms with Crippen LogP contribution in [0.4, 0.5) is 0 Å². The number of carboxylic acid groups (broad SMARTS) is 1. The quantitative estimate of drug-likeness (QED) is 0.814. The SMILES string of the molecule is C[C@@H]1CN(C(=O)c2ccc3n(c2=O)C[C@H]2C[C@@H]3CN(CC(=O)O)C2)C[C@H](C)O1. The van der Waals surface area contributed by atoms with Gasteiger partial charge in [-0.2, -0.15) is 0 Å². The van der Waals surface area contributed by atoms with Gasteiger partial charge in [0.05, 0.1) is 18.8 Å². The lowest BCUT2D eigenvalue weighted by Crippen LogP contribution is -2.51. The Morgan fingerprint density at radius 3 is 2.50 bits per heavy atom. The van der Waals surface area contributed by atoms with Gasteiger partial charge in [0.25, 0.3) is 11.5 Å². The zero-order valence-corrected chi connectivity index (χ0v) is 16.3. The summed E-state index contributed by atoms with van der Waals surface area (Å²) in [7, 11) is 0. The lowest BCUT2D eigenvalue weighted by Gasteiger charge is -2.42. The molecule has 4 rings (SSSR count). The van der Waals surface area contributed by atoms with E-state index >= 15 is 0 Å². The number of carbonyl (C=O) groups is 2. The van der Waals surface area contributed by atoms with Crippen molar-refractivity contribution >= 4 is 11.9 Å². The molecule has 2 fully saturated rings. The summed E-state index contributed by atoms with van der Waals surface area (Å²) < 4.78 is 7.43. The van der Waals surface area contributed by atoms with E-state index in [0.29, 0.717) is 32.7 Å². The number of hydrogen-bond donors (Lipinski definition) is 1. The van der Waals surface area contributed by atoms with Crippen LogP contribution in [0, 0.1) is 5.92 Å². The number of aromatic nitrogens is 1. The second-order valence-electron chi connectivity index (χ2n) is 8.44. The fourth-order valence-corrected chi connectivity index (χ4v) is 5.04. The molecule has 0 saturated carbocycles. The van der Waals surface area contributed by atoms with Gasteiger partial charge >= 0.3 is 5.97 Å². The maximum absolute atomic E-state index is 13.1. The van der Waals surface area contributed by atoms with Crippen LogP contribution in [0.3, 0.4) is 0 Å². The van der Waals surface area contributed by atoms with Crippen LogP contribution in [0.1, 0.15) is 42.2 Å². The van der Waals surface area contributed by atoms with Crippen molar-refractivity contribution in [2.75, 3.05) is 32.7 Å².